The highest BCUT2D eigenvalue weighted by Crippen LogP contribution is 2.51. The molecule has 0 saturated carbocycles. The zero-order valence-corrected chi connectivity index (χ0v) is 14.5. The van der Waals surface area contributed by atoms with Gasteiger partial charge in [-0.1, -0.05) is 66.5 Å². The molecule has 2 aromatic carbocycles. The summed E-state index contributed by atoms with van der Waals surface area (Å²) in [5, 5.41) is 5.05. The lowest BCUT2D eigenvalue weighted by molar-refractivity contribution is 0.425. The first-order chi connectivity index (χ1) is 11.2. The molecule has 0 unspecified atom stereocenters. The molecule has 23 heavy (non-hydrogen) atoms. The summed E-state index contributed by atoms with van der Waals surface area (Å²) in [5.74, 6) is 1.02. The van der Waals surface area contributed by atoms with Crippen LogP contribution in [-0.4, -0.2) is 0 Å². The van der Waals surface area contributed by atoms with Gasteiger partial charge in [-0.3, -0.25) is 0 Å². The molecule has 1 aliphatic heterocycles. The molecule has 3 atom stereocenters. The molecular formula is C20H19Cl2N. The predicted octanol–water partition coefficient (Wildman–Crippen LogP) is 6.38. The monoisotopic (exact) mass is 343 g/mol. The van der Waals surface area contributed by atoms with Crippen molar-refractivity contribution in [3.8, 4) is 0 Å². The standard InChI is InChI=1S/C20H19Cl2N/c1-2-12-5-3-7-15-14-6-4-8-16(14)20(23-19(12)15)13-9-10-17(21)18(22)11-13/h3-7,9-11,14,16,20,23H,2,8H2,1H3/t14-,16+,20+/m0/s1. The van der Waals surface area contributed by atoms with Crippen LogP contribution in [0.1, 0.15) is 42.0 Å². The van der Waals surface area contributed by atoms with Crippen molar-refractivity contribution < 1.29 is 0 Å². The van der Waals surface area contributed by atoms with E-state index in [0.717, 1.165) is 12.8 Å². The Balaban J connectivity index is 1.82. The molecule has 3 heteroatoms. The third kappa shape index (κ3) is 2.47. The normalized spacial score (nSPS) is 24.9. The van der Waals surface area contributed by atoms with Gasteiger partial charge in [0.15, 0.2) is 0 Å². The van der Waals surface area contributed by atoms with E-state index in [1.165, 1.54) is 22.4 Å². The number of para-hydroxylation sites is 1. The van der Waals surface area contributed by atoms with Crippen LogP contribution in [0.5, 0.6) is 0 Å². The number of hydrogen-bond acceptors (Lipinski definition) is 1. The van der Waals surface area contributed by atoms with Crippen LogP contribution in [0.4, 0.5) is 5.69 Å². The highest BCUT2D eigenvalue weighted by atomic mass is 35.5. The summed E-state index contributed by atoms with van der Waals surface area (Å²) in [6.45, 7) is 2.21. The number of aryl methyl sites for hydroxylation is 1. The number of anilines is 1. The molecule has 2 aromatic rings. The van der Waals surface area contributed by atoms with Gasteiger partial charge in [-0.15, -0.1) is 0 Å². The fourth-order valence-electron chi connectivity index (χ4n) is 4.02. The first-order valence-electron chi connectivity index (χ1n) is 8.19. The van der Waals surface area contributed by atoms with Gasteiger partial charge in [0, 0.05) is 11.6 Å². The Hall–Kier alpha value is -1.44. The molecule has 0 amide bonds. The van der Waals surface area contributed by atoms with Gasteiger partial charge in [-0.05, 0) is 47.6 Å². The molecular weight excluding hydrogens is 325 g/mol. The SMILES string of the molecule is CCc1cccc2c1N[C@H](c1ccc(Cl)c(Cl)c1)[C@@H]1CC=C[C@@H]21. The minimum absolute atomic E-state index is 0.268. The molecule has 0 saturated heterocycles. The van der Waals surface area contributed by atoms with Crippen molar-refractivity contribution in [2.24, 2.45) is 5.92 Å². The van der Waals surface area contributed by atoms with Crippen molar-refractivity contribution in [1.29, 1.82) is 0 Å². The van der Waals surface area contributed by atoms with Crippen molar-refractivity contribution in [2.45, 2.75) is 31.7 Å². The van der Waals surface area contributed by atoms with Crippen molar-refractivity contribution in [3.05, 3.63) is 75.3 Å². The lowest BCUT2D eigenvalue weighted by Gasteiger charge is -2.38. The molecule has 2 aliphatic rings. The number of rotatable bonds is 2. The maximum absolute atomic E-state index is 6.26. The maximum Gasteiger partial charge on any atom is 0.0595 e. The third-order valence-corrected chi connectivity index (χ3v) is 5.91. The molecule has 0 radical (unpaired) electrons. The second kappa shape index (κ2) is 5.89. The van der Waals surface area contributed by atoms with Crippen molar-refractivity contribution >= 4 is 28.9 Å². The molecule has 0 fully saturated rings. The average molecular weight is 344 g/mol. The smallest absolute Gasteiger partial charge is 0.0595 e. The summed E-state index contributed by atoms with van der Waals surface area (Å²) in [6, 6.07) is 12.9. The number of hydrogen-bond donors (Lipinski definition) is 1. The zero-order valence-electron chi connectivity index (χ0n) is 13.0. The number of allylic oxidation sites excluding steroid dienone is 2. The summed E-state index contributed by atoms with van der Waals surface area (Å²) in [7, 11) is 0. The lowest BCUT2D eigenvalue weighted by atomic mass is 9.76. The maximum atomic E-state index is 6.26. The molecule has 1 aliphatic carbocycles. The Morgan fingerprint density at radius 2 is 2.00 bits per heavy atom. The lowest BCUT2D eigenvalue weighted by Crippen LogP contribution is -2.29. The van der Waals surface area contributed by atoms with Crippen molar-refractivity contribution in [3.63, 3.8) is 0 Å². The Labute approximate surface area is 147 Å². The van der Waals surface area contributed by atoms with E-state index in [-0.39, 0.29) is 6.04 Å². The molecule has 0 spiro atoms. The predicted molar refractivity (Wildman–Crippen MR) is 98.6 cm³/mol. The first-order valence-corrected chi connectivity index (χ1v) is 8.94. The topological polar surface area (TPSA) is 12.0 Å². The molecule has 0 bridgehead atoms. The Morgan fingerprint density at radius 3 is 2.78 bits per heavy atom. The average Bonchev–Trinajstić information content (AvgIpc) is 3.06. The van der Waals surface area contributed by atoms with Gasteiger partial charge in [0.1, 0.15) is 0 Å². The highest BCUT2D eigenvalue weighted by molar-refractivity contribution is 6.42. The largest absolute Gasteiger partial charge is 0.377 e. The van der Waals surface area contributed by atoms with Crippen LogP contribution in [0.25, 0.3) is 0 Å². The summed E-state index contributed by atoms with van der Waals surface area (Å²) < 4.78 is 0. The van der Waals surface area contributed by atoms with Gasteiger partial charge in [0.2, 0.25) is 0 Å². The van der Waals surface area contributed by atoms with Gasteiger partial charge in [-0.25, -0.2) is 0 Å². The fourth-order valence-corrected chi connectivity index (χ4v) is 4.32. The zero-order chi connectivity index (χ0) is 16.0. The molecule has 4 rings (SSSR count). The first kappa shape index (κ1) is 15.1. The minimum atomic E-state index is 0.268. The van der Waals surface area contributed by atoms with Gasteiger partial charge in [0.25, 0.3) is 0 Å². The van der Waals surface area contributed by atoms with E-state index >= 15 is 0 Å². The number of nitrogens with one attached hydrogen (secondary N) is 1. The summed E-state index contributed by atoms with van der Waals surface area (Å²) in [4.78, 5) is 0. The second-order valence-corrected chi connectivity index (χ2v) is 7.20. The number of benzene rings is 2. The van der Waals surface area contributed by atoms with Gasteiger partial charge >= 0.3 is 0 Å². The van der Waals surface area contributed by atoms with E-state index in [9.17, 15) is 0 Å². The van der Waals surface area contributed by atoms with Gasteiger partial charge in [-0.2, -0.15) is 0 Å². The summed E-state index contributed by atoms with van der Waals surface area (Å²) >= 11 is 12.4. The van der Waals surface area contributed by atoms with Crippen LogP contribution < -0.4 is 5.32 Å². The number of fused-ring (bicyclic) bond motifs is 3. The third-order valence-electron chi connectivity index (χ3n) is 5.17. The van der Waals surface area contributed by atoms with E-state index in [2.05, 4.69) is 48.7 Å². The van der Waals surface area contributed by atoms with Gasteiger partial charge < -0.3 is 5.32 Å². The summed E-state index contributed by atoms with van der Waals surface area (Å²) in [5.41, 5.74) is 5.33. The van der Waals surface area contributed by atoms with Gasteiger partial charge in [0.05, 0.1) is 16.1 Å². The van der Waals surface area contributed by atoms with E-state index in [1.807, 2.05) is 12.1 Å². The Kier molecular flexibility index (Phi) is 3.87. The van der Waals surface area contributed by atoms with Crippen LogP contribution in [0.2, 0.25) is 10.0 Å². The van der Waals surface area contributed by atoms with Crippen LogP contribution in [0.15, 0.2) is 48.6 Å². The van der Waals surface area contributed by atoms with Crippen LogP contribution in [0.3, 0.4) is 0 Å². The molecule has 118 valence electrons. The highest BCUT2D eigenvalue weighted by Gasteiger charge is 2.38. The van der Waals surface area contributed by atoms with Crippen LogP contribution >= 0.6 is 23.2 Å². The second-order valence-electron chi connectivity index (χ2n) is 6.38. The minimum Gasteiger partial charge on any atom is -0.377 e. The Morgan fingerprint density at radius 1 is 1.13 bits per heavy atom. The Bertz CT molecular complexity index is 781. The number of halogens is 2. The van der Waals surface area contributed by atoms with E-state index in [1.54, 1.807) is 0 Å². The van der Waals surface area contributed by atoms with E-state index in [4.69, 9.17) is 23.2 Å². The van der Waals surface area contributed by atoms with E-state index in [0.29, 0.717) is 21.9 Å². The fraction of sp³-hybridized carbons (Fsp3) is 0.300. The van der Waals surface area contributed by atoms with E-state index < -0.39 is 0 Å². The molecule has 0 aromatic heterocycles. The van der Waals surface area contributed by atoms with Crippen LogP contribution in [0, 0.1) is 5.92 Å². The summed E-state index contributed by atoms with van der Waals surface area (Å²) in [6.07, 6.45) is 6.81. The molecule has 1 nitrogen and oxygen atoms in total. The van der Waals surface area contributed by atoms with Crippen molar-refractivity contribution in [2.75, 3.05) is 5.32 Å². The molecule has 1 N–H and O–H groups in total. The van der Waals surface area contributed by atoms with Crippen molar-refractivity contribution in [1.82, 2.24) is 0 Å². The van der Waals surface area contributed by atoms with Crippen LogP contribution in [-0.2, 0) is 6.42 Å². The quantitative estimate of drug-likeness (QED) is 0.623. The molecule has 1 heterocycles.